The number of nitrogens with one attached hydrogen (secondary N) is 1. The third kappa shape index (κ3) is 2.83. The van der Waals surface area contributed by atoms with Crippen LogP contribution < -0.4 is 4.74 Å². The van der Waals surface area contributed by atoms with Crippen LogP contribution in [0.2, 0.25) is 0 Å². The first kappa shape index (κ1) is 12.7. The molecule has 0 amide bonds. The van der Waals surface area contributed by atoms with Crippen LogP contribution in [0, 0.1) is 11.3 Å². The second-order valence-corrected chi connectivity index (χ2v) is 5.23. The average molecular weight is 267 g/mol. The molecule has 1 aliphatic rings. The fourth-order valence-electron chi connectivity index (χ4n) is 2.78. The highest BCUT2D eigenvalue weighted by Gasteiger charge is 2.24. The van der Waals surface area contributed by atoms with E-state index in [1.807, 2.05) is 18.3 Å². The molecule has 4 nitrogen and oxygen atoms in total. The van der Waals surface area contributed by atoms with Crippen molar-refractivity contribution in [3.63, 3.8) is 0 Å². The van der Waals surface area contributed by atoms with Crippen molar-refractivity contribution in [2.24, 2.45) is 0 Å². The lowest BCUT2D eigenvalue weighted by Gasteiger charge is -2.28. The molecule has 1 N–H and O–H groups in total. The second-order valence-electron chi connectivity index (χ2n) is 5.23. The van der Waals surface area contributed by atoms with Gasteiger partial charge in [-0.15, -0.1) is 0 Å². The van der Waals surface area contributed by atoms with Crippen molar-refractivity contribution < 1.29 is 4.74 Å². The average Bonchev–Trinajstić information content (AvgIpc) is 3.03. The van der Waals surface area contributed by atoms with E-state index in [-0.39, 0.29) is 6.10 Å². The lowest BCUT2D eigenvalue weighted by Crippen LogP contribution is -2.23. The number of nitrogens with zero attached hydrogens (tertiary/aromatic N) is 2. The number of imidazole rings is 1. The fourth-order valence-corrected chi connectivity index (χ4v) is 2.78. The fraction of sp³-hybridized carbons (Fsp3) is 0.375. The third-order valence-electron chi connectivity index (χ3n) is 3.92. The molecule has 1 saturated carbocycles. The number of rotatable bonds is 3. The zero-order valence-corrected chi connectivity index (χ0v) is 11.2. The molecule has 0 atom stereocenters. The minimum absolute atomic E-state index is 0.280. The highest BCUT2D eigenvalue weighted by atomic mass is 16.5. The molecule has 1 aromatic heterocycles. The van der Waals surface area contributed by atoms with Gasteiger partial charge in [-0.2, -0.15) is 5.26 Å². The van der Waals surface area contributed by atoms with Crippen LogP contribution in [0.3, 0.4) is 0 Å². The molecule has 3 rings (SSSR count). The Labute approximate surface area is 118 Å². The van der Waals surface area contributed by atoms with Gasteiger partial charge in [0.05, 0.1) is 24.1 Å². The van der Waals surface area contributed by atoms with Crippen LogP contribution in [0.5, 0.6) is 5.75 Å². The maximum Gasteiger partial charge on any atom is 0.119 e. The number of hydrogen-bond donors (Lipinski definition) is 1. The van der Waals surface area contributed by atoms with Crippen LogP contribution in [-0.2, 0) is 0 Å². The highest BCUT2D eigenvalue weighted by Crippen LogP contribution is 2.33. The smallest absolute Gasteiger partial charge is 0.119 e. The van der Waals surface area contributed by atoms with E-state index in [2.05, 4.69) is 16.0 Å². The SMILES string of the molecule is N#Cc1ccc(OC2CCC(c3cnc[nH]3)CC2)cc1. The van der Waals surface area contributed by atoms with Gasteiger partial charge >= 0.3 is 0 Å². The van der Waals surface area contributed by atoms with Crippen molar-refractivity contribution in [3.05, 3.63) is 48.0 Å². The molecule has 0 radical (unpaired) electrons. The van der Waals surface area contributed by atoms with E-state index in [4.69, 9.17) is 10.00 Å². The first-order valence-corrected chi connectivity index (χ1v) is 7.00. The molecular weight excluding hydrogens is 250 g/mol. The molecule has 0 bridgehead atoms. The van der Waals surface area contributed by atoms with E-state index in [1.54, 1.807) is 18.5 Å². The molecule has 1 fully saturated rings. The Hall–Kier alpha value is -2.28. The number of aromatic amines is 1. The van der Waals surface area contributed by atoms with Gasteiger partial charge in [-0.05, 0) is 49.9 Å². The quantitative estimate of drug-likeness (QED) is 0.927. The van der Waals surface area contributed by atoms with Gasteiger partial charge in [0.1, 0.15) is 5.75 Å². The maximum absolute atomic E-state index is 8.77. The standard InChI is InChI=1S/C16H17N3O/c17-9-12-1-5-14(6-2-12)20-15-7-3-13(4-8-15)16-10-18-11-19-16/h1-2,5-6,10-11,13,15H,3-4,7-8H2,(H,18,19). The topological polar surface area (TPSA) is 61.7 Å². The number of benzene rings is 1. The summed E-state index contributed by atoms with van der Waals surface area (Å²) in [4.78, 5) is 7.29. The molecule has 1 heterocycles. The van der Waals surface area contributed by atoms with Crippen LogP contribution in [0.1, 0.15) is 42.9 Å². The molecule has 4 heteroatoms. The van der Waals surface area contributed by atoms with Crippen LogP contribution in [0.15, 0.2) is 36.8 Å². The molecule has 2 aromatic rings. The van der Waals surface area contributed by atoms with Gasteiger partial charge in [-0.3, -0.25) is 0 Å². The monoisotopic (exact) mass is 267 g/mol. The lowest BCUT2D eigenvalue weighted by atomic mass is 9.85. The first-order valence-electron chi connectivity index (χ1n) is 7.00. The van der Waals surface area contributed by atoms with Crippen molar-refractivity contribution in [2.75, 3.05) is 0 Å². The Bertz CT molecular complexity index is 575. The summed E-state index contributed by atoms with van der Waals surface area (Å²) >= 11 is 0. The van der Waals surface area contributed by atoms with Crippen molar-refractivity contribution >= 4 is 0 Å². The molecule has 0 unspecified atom stereocenters. The van der Waals surface area contributed by atoms with Gasteiger partial charge in [-0.25, -0.2) is 4.98 Å². The number of ether oxygens (including phenoxy) is 1. The Morgan fingerprint density at radius 3 is 2.50 bits per heavy atom. The maximum atomic E-state index is 8.77. The van der Waals surface area contributed by atoms with Gasteiger partial charge in [0.15, 0.2) is 0 Å². The minimum Gasteiger partial charge on any atom is -0.490 e. The largest absolute Gasteiger partial charge is 0.490 e. The van der Waals surface area contributed by atoms with Crippen molar-refractivity contribution in [3.8, 4) is 11.8 Å². The van der Waals surface area contributed by atoms with Gasteiger partial charge in [-0.1, -0.05) is 0 Å². The zero-order valence-electron chi connectivity index (χ0n) is 11.2. The van der Waals surface area contributed by atoms with E-state index in [0.717, 1.165) is 31.4 Å². The van der Waals surface area contributed by atoms with Gasteiger partial charge in [0, 0.05) is 17.8 Å². The van der Waals surface area contributed by atoms with Gasteiger partial charge in [0.2, 0.25) is 0 Å². The Morgan fingerprint density at radius 1 is 1.15 bits per heavy atom. The molecular formula is C16H17N3O. The summed E-state index contributed by atoms with van der Waals surface area (Å²) < 4.78 is 5.99. The first-order chi connectivity index (χ1) is 9.85. The van der Waals surface area contributed by atoms with Crippen molar-refractivity contribution in [1.29, 1.82) is 5.26 Å². The van der Waals surface area contributed by atoms with Crippen LogP contribution in [-0.4, -0.2) is 16.1 Å². The van der Waals surface area contributed by atoms with E-state index < -0.39 is 0 Å². The number of nitriles is 1. The second kappa shape index (κ2) is 5.79. The lowest BCUT2D eigenvalue weighted by molar-refractivity contribution is 0.146. The number of aromatic nitrogens is 2. The molecule has 0 spiro atoms. The predicted octanol–water partition coefficient (Wildman–Crippen LogP) is 3.39. The summed E-state index contributed by atoms with van der Waals surface area (Å²) in [5.41, 5.74) is 1.90. The van der Waals surface area contributed by atoms with Gasteiger partial charge < -0.3 is 9.72 Å². The number of hydrogen-bond acceptors (Lipinski definition) is 3. The minimum atomic E-state index is 0.280. The normalized spacial score (nSPS) is 22.1. The molecule has 1 aromatic carbocycles. The summed E-state index contributed by atoms with van der Waals surface area (Å²) in [5.74, 6) is 1.44. The highest BCUT2D eigenvalue weighted by molar-refractivity contribution is 5.34. The van der Waals surface area contributed by atoms with Crippen molar-refractivity contribution in [2.45, 2.75) is 37.7 Å². The Balaban J connectivity index is 1.54. The summed E-state index contributed by atoms with van der Waals surface area (Å²) in [6.45, 7) is 0. The number of H-pyrrole nitrogens is 1. The van der Waals surface area contributed by atoms with E-state index in [9.17, 15) is 0 Å². The van der Waals surface area contributed by atoms with E-state index >= 15 is 0 Å². The van der Waals surface area contributed by atoms with Crippen LogP contribution >= 0.6 is 0 Å². The molecule has 0 aliphatic heterocycles. The molecule has 0 saturated heterocycles. The molecule has 1 aliphatic carbocycles. The van der Waals surface area contributed by atoms with E-state index in [1.165, 1.54) is 5.69 Å². The van der Waals surface area contributed by atoms with Crippen LogP contribution in [0.25, 0.3) is 0 Å². The molecule has 20 heavy (non-hydrogen) atoms. The molecule has 102 valence electrons. The van der Waals surface area contributed by atoms with Crippen LogP contribution in [0.4, 0.5) is 0 Å². The van der Waals surface area contributed by atoms with Gasteiger partial charge in [0.25, 0.3) is 0 Å². The van der Waals surface area contributed by atoms with E-state index in [0.29, 0.717) is 11.5 Å². The third-order valence-corrected chi connectivity index (χ3v) is 3.92. The summed E-state index contributed by atoms with van der Waals surface area (Å²) in [6.07, 6.45) is 8.32. The Morgan fingerprint density at radius 2 is 1.90 bits per heavy atom. The Kier molecular flexibility index (Phi) is 3.69. The summed E-state index contributed by atoms with van der Waals surface area (Å²) in [7, 11) is 0. The summed E-state index contributed by atoms with van der Waals surface area (Å²) in [5, 5.41) is 8.77. The predicted molar refractivity (Wildman–Crippen MR) is 75.4 cm³/mol. The van der Waals surface area contributed by atoms with Crippen molar-refractivity contribution in [1.82, 2.24) is 9.97 Å². The zero-order chi connectivity index (χ0) is 13.8. The summed E-state index contributed by atoms with van der Waals surface area (Å²) in [6, 6.07) is 9.46.